The minimum Gasteiger partial charge on any atom is -0.382 e. The van der Waals surface area contributed by atoms with Gasteiger partial charge in [0.1, 0.15) is 23.6 Å². The smallest absolute Gasteiger partial charge is 0.144 e. The van der Waals surface area contributed by atoms with Crippen LogP contribution in [0, 0.1) is 0 Å². The van der Waals surface area contributed by atoms with Gasteiger partial charge in [-0.05, 0) is 11.1 Å². The van der Waals surface area contributed by atoms with E-state index in [2.05, 4.69) is 10.3 Å². The molecule has 0 amide bonds. The number of benzene rings is 2. The van der Waals surface area contributed by atoms with Crippen LogP contribution in [0.1, 0.15) is 34.7 Å². The summed E-state index contributed by atoms with van der Waals surface area (Å²) < 4.78 is 4.71. The van der Waals surface area contributed by atoms with E-state index < -0.39 is 12.2 Å². The lowest BCUT2D eigenvalue weighted by Gasteiger charge is -2.12. The molecule has 3 rings (SSSR count). The van der Waals surface area contributed by atoms with Crippen LogP contribution in [0.4, 0.5) is 0 Å². The van der Waals surface area contributed by atoms with Crippen molar-refractivity contribution in [3.05, 3.63) is 83.2 Å². The quantitative estimate of drug-likeness (QED) is 0.767. The maximum absolute atomic E-state index is 10.4. The van der Waals surface area contributed by atoms with Crippen LogP contribution in [0.5, 0.6) is 0 Å². The first kappa shape index (κ1) is 13.5. The molecule has 1 heterocycles. The van der Waals surface area contributed by atoms with Crippen molar-refractivity contribution in [2.24, 2.45) is 0 Å². The second-order valence-corrected chi connectivity index (χ2v) is 4.66. The van der Waals surface area contributed by atoms with Crippen molar-refractivity contribution >= 4 is 0 Å². The van der Waals surface area contributed by atoms with Crippen molar-refractivity contribution in [1.29, 1.82) is 0 Å². The molecule has 2 aromatic carbocycles. The van der Waals surface area contributed by atoms with Crippen LogP contribution in [-0.2, 0) is 0 Å². The van der Waals surface area contributed by atoms with Crippen molar-refractivity contribution in [2.45, 2.75) is 12.2 Å². The van der Waals surface area contributed by atoms with Gasteiger partial charge in [-0.3, -0.25) is 0 Å². The summed E-state index contributed by atoms with van der Waals surface area (Å²) in [4.78, 5) is 0. The van der Waals surface area contributed by atoms with Gasteiger partial charge in [0.15, 0.2) is 0 Å². The van der Waals surface area contributed by atoms with Gasteiger partial charge in [0.05, 0.1) is 0 Å². The molecule has 21 heavy (non-hydrogen) atoms. The molecule has 0 aliphatic carbocycles. The van der Waals surface area contributed by atoms with E-state index in [0.29, 0.717) is 11.1 Å². The third-order valence-electron chi connectivity index (χ3n) is 3.29. The maximum atomic E-state index is 10.4. The van der Waals surface area contributed by atoms with Gasteiger partial charge in [0, 0.05) is 0 Å². The van der Waals surface area contributed by atoms with Crippen molar-refractivity contribution < 1.29 is 14.8 Å². The average Bonchev–Trinajstić information content (AvgIpc) is 3.04. The highest BCUT2D eigenvalue weighted by atomic mass is 16.6. The molecule has 1 aromatic heterocycles. The zero-order valence-electron chi connectivity index (χ0n) is 11.1. The first-order chi connectivity index (χ1) is 10.3. The molecule has 3 aromatic rings. The third-order valence-corrected chi connectivity index (χ3v) is 3.29. The van der Waals surface area contributed by atoms with Crippen LogP contribution in [-0.4, -0.2) is 20.5 Å². The van der Waals surface area contributed by atoms with E-state index in [4.69, 9.17) is 4.63 Å². The molecule has 0 bridgehead atoms. The Morgan fingerprint density at radius 3 is 1.43 bits per heavy atom. The minimum absolute atomic E-state index is 0.220. The van der Waals surface area contributed by atoms with Crippen molar-refractivity contribution in [3.8, 4) is 0 Å². The molecule has 0 spiro atoms. The summed E-state index contributed by atoms with van der Waals surface area (Å²) in [5.74, 6) is 0. The molecule has 5 heteroatoms. The summed E-state index contributed by atoms with van der Waals surface area (Å²) in [5.41, 5.74) is 1.76. The van der Waals surface area contributed by atoms with E-state index in [0.717, 1.165) is 0 Å². The van der Waals surface area contributed by atoms with Crippen molar-refractivity contribution in [3.63, 3.8) is 0 Å². The standard InChI is InChI=1S/C16H14N2O3/c19-15(11-7-3-1-4-8-11)13-14(18-21-17-13)16(20)12-9-5-2-6-10-12/h1-10,15-16,19-20H. The lowest BCUT2D eigenvalue weighted by atomic mass is 10.00. The summed E-state index contributed by atoms with van der Waals surface area (Å²) in [5, 5.41) is 28.3. The molecule has 2 unspecified atom stereocenters. The van der Waals surface area contributed by atoms with Crippen molar-refractivity contribution in [2.75, 3.05) is 0 Å². The fraction of sp³-hybridized carbons (Fsp3) is 0.125. The molecule has 0 saturated carbocycles. The molecule has 2 atom stereocenters. The van der Waals surface area contributed by atoms with Gasteiger partial charge in [-0.25, -0.2) is 4.63 Å². The second kappa shape index (κ2) is 5.87. The molecule has 0 fully saturated rings. The summed E-state index contributed by atoms with van der Waals surface area (Å²) in [6.45, 7) is 0. The van der Waals surface area contributed by atoms with Gasteiger partial charge in [-0.15, -0.1) is 0 Å². The number of aromatic nitrogens is 2. The fourth-order valence-electron chi connectivity index (χ4n) is 2.17. The third kappa shape index (κ3) is 2.69. The van der Waals surface area contributed by atoms with E-state index in [1.807, 2.05) is 36.4 Å². The Bertz CT molecular complexity index is 638. The molecular weight excluding hydrogens is 268 g/mol. The topological polar surface area (TPSA) is 79.4 Å². The Kier molecular flexibility index (Phi) is 3.77. The zero-order valence-corrected chi connectivity index (χ0v) is 11.1. The number of rotatable bonds is 4. The van der Waals surface area contributed by atoms with Gasteiger partial charge >= 0.3 is 0 Å². The average molecular weight is 282 g/mol. The maximum Gasteiger partial charge on any atom is 0.144 e. The predicted molar refractivity (Wildman–Crippen MR) is 75.3 cm³/mol. The van der Waals surface area contributed by atoms with Gasteiger partial charge < -0.3 is 10.2 Å². The van der Waals surface area contributed by atoms with E-state index >= 15 is 0 Å². The monoisotopic (exact) mass is 282 g/mol. The Balaban J connectivity index is 1.94. The van der Waals surface area contributed by atoms with Gasteiger partial charge in [-0.2, -0.15) is 0 Å². The summed E-state index contributed by atoms with van der Waals surface area (Å²) >= 11 is 0. The van der Waals surface area contributed by atoms with Crippen LogP contribution in [0.25, 0.3) is 0 Å². The number of aliphatic hydroxyl groups is 2. The summed E-state index contributed by atoms with van der Waals surface area (Å²) in [6, 6.07) is 18.1. The lowest BCUT2D eigenvalue weighted by molar-refractivity contribution is 0.191. The van der Waals surface area contributed by atoms with Crippen LogP contribution >= 0.6 is 0 Å². The lowest BCUT2D eigenvalue weighted by Crippen LogP contribution is -2.08. The van der Waals surface area contributed by atoms with Gasteiger partial charge in [0.2, 0.25) is 0 Å². The first-order valence-electron chi connectivity index (χ1n) is 6.55. The van der Waals surface area contributed by atoms with E-state index in [-0.39, 0.29) is 11.4 Å². The summed E-state index contributed by atoms with van der Waals surface area (Å²) in [7, 11) is 0. The Morgan fingerprint density at radius 2 is 1.05 bits per heavy atom. The largest absolute Gasteiger partial charge is 0.382 e. The molecule has 2 N–H and O–H groups in total. The van der Waals surface area contributed by atoms with Crippen LogP contribution in [0.2, 0.25) is 0 Å². The minimum atomic E-state index is -0.995. The van der Waals surface area contributed by atoms with E-state index in [9.17, 15) is 10.2 Å². The molecule has 0 radical (unpaired) electrons. The van der Waals surface area contributed by atoms with Gasteiger partial charge in [-0.1, -0.05) is 71.0 Å². The van der Waals surface area contributed by atoms with E-state index in [1.165, 1.54) is 0 Å². The Hall–Kier alpha value is -2.50. The number of nitrogens with zero attached hydrogens (tertiary/aromatic N) is 2. The van der Waals surface area contributed by atoms with Crippen LogP contribution in [0.3, 0.4) is 0 Å². The zero-order chi connectivity index (χ0) is 14.7. The first-order valence-corrected chi connectivity index (χ1v) is 6.55. The molecule has 0 saturated heterocycles. The number of hydrogen-bond donors (Lipinski definition) is 2. The molecule has 5 nitrogen and oxygen atoms in total. The highest BCUT2D eigenvalue weighted by Crippen LogP contribution is 2.29. The van der Waals surface area contributed by atoms with Crippen LogP contribution in [0.15, 0.2) is 65.3 Å². The Morgan fingerprint density at radius 1 is 0.667 bits per heavy atom. The van der Waals surface area contributed by atoms with Crippen LogP contribution < -0.4 is 0 Å². The number of aliphatic hydroxyl groups excluding tert-OH is 2. The second-order valence-electron chi connectivity index (χ2n) is 4.66. The highest BCUT2D eigenvalue weighted by molar-refractivity contribution is 5.32. The normalized spacial score (nSPS) is 13.8. The SMILES string of the molecule is OC(c1ccccc1)c1nonc1C(O)c1ccccc1. The van der Waals surface area contributed by atoms with Crippen molar-refractivity contribution in [1.82, 2.24) is 10.3 Å². The van der Waals surface area contributed by atoms with E-state index in [1.54, 1.807) is 24.3 Å². The molecule has 106 valence electrons. The molecular formula is C16H14N2O3. The Labute approximate surface area is 121 Å². The fourth-order valence-corrected chi connectivity index (χ4v) is 2.17. The molecule has 0 aliphatic rings. The number of hydrogen-bond acceptors (Lipinski definition) is 5. The van der Waals surface area contributed by atoms with Gasteiger partial charge in [0.25, 0.3) is 0 Å². The highest BCUT2D eigenvalue weighted by Gasteiger charge is 2.26. The predicted octanol–water partition coefficient (Wildman–Crippen LogP) is 2.23. The summed E-state index contributed by atoms with van der Waals surface area (Å²) in [6.07, 6.45) is -1.99. The molecule has 0 aliphatic heterocycles.